The van der Waals surface area contributed by atoms with E-state index in [9.17, 15) is 9.59 Å². The fourth-order valence-corrected chi connectivity index (χ4v) is 0.923. The number of ether oxygens (including phenoxy) is 1. The lowest BCUT2D eigenvalue weighted by molar-refractivity contribution is -0.151. The molecule has 70 valence electrons. The normalized spacial score (nSPS) is 15.2. The first-order valence-corrected chi connectivity index (χ1v) is 3.85. The summed E-state index contributed by atoms with van der Waals surface area (Å²) in [5, 5.41) is 8.60. The molecule has 0 radical (unpaired) electrons. The number of hydrogen-bond acceptors (Lipinski definition) is 3. The van der Waals surface area contributed by atoms with Crippen LogP contribution >= 0.6 is 0 Å². The van der Waals surface area contributed by atoms with Crippen molar-refractivity contribution in [3.8, 4) is 0 Å². The predicted molar refractivity (Wildman–Crippen MR) is 42.9 cm³/mol. The van der Waals surface area contributed by atoms with Crippen LogP contribution in [0.2, 0.25) is 0 Å². The Morgan fingerprint density at radius 1 is 1.50 bits per heavy atom. The summed E-state index contributed by atoms with van der Waals surface area (Å²) < 4.78 is 5.00. The highest BCUT2D eigenvalue weighted by molar-refractivity contribution is 5.86. The molecular formula is C8H14O4. The zero-order valence-corrected chi connectivity index (χ0v) is 7.53. The average Bonchev–Trinajstić information content (AvgIpc) is 1.98. The third-order valence-corrected chi connectivity index (χ3v) is 1.59. The first-order chi connectivity index (χ1) is 5.50. The van der Waals surface area contributed by atoms with Gasteiger partial charge < -0.3 is 9.84 Å². The highest BCUT2D eigenvalue weighted by Gasteiger charge is 2.27. The van der Waals surface area contributed by atoms with Crippen molar-refractivity contribution in [2.75, 3.05) is 6.61 Å². The molecule has 1 N–H and O–H groups in total. The molecule has 0 bridgehead atoms. The maximum atomic E-state index is 10.9. The minimum absolute atomic E-state index is 0.244. The first-order valence-electron chi connectivity index (χ1n) is 3.85. The van der Waals surface area contributed by atoms with Gasteiger partial charge >= 0.3 is 5.97 Å². The zero-order valence-electron chi connectivity index (χ0n) is 7.53. The Balaban J connectivity index is 4.28. The molecule has 0 amide bonds. The lowest BCUT2D eigenvalue weighted by Gasteiger charge is -2.17. The van der Waals surface area contributed by atoms with Crippen molar-refractivity contribution in [2.45, 2.75) is 26.9 Å². The SMILES string of the molecule is CCOC(C(C)=O)C(C)C(=O)O. The lowest BCUT2D eigenvalue weighted by atomic mass is 10.0. The molecule has 0 aromatic rings. The molecule has 2 atom stereocenters. The Bertz CT molecular complexity index is 176. The van der Waals surface area contributed by atoms with E-state index in [2.05, 4.69) is 0 Å². The van der Waals surface area contributed by atoms with Crippen molar-refractivity contribution >= 4 is 11.8 Å². The van der Waals surface area contributed by atoms with Gasteiger partial charge in [-0.25, -0.2) is 0 Å². The van der Waals surface area contributed by atoms with Gasteiger partial charge in [0.1, 0.15) is 6.10 Å². The number of carbonyl (C=O) groups is 2. The van der Waals surface area contributed by atoms with E-state index in [1.807, 2.05) is 0 Å². The van der Waals surface area contributed by atoms with Gasteiger partial charge in [-0.2, -0.15) is 0 Å². The van der Waals surface area contributed by atoms with Crippen molar-refractivity contribution in [3.05, 3.63) is 0 Å². The van der Waals surface area contributed by atoms with Crippen LogP contribution in [0.5, 0.6) is 0 Å². The molecule has 0 heterocycles. The van der Waals surface area contributed by atoms with E-state index in [1.165, 1.54) is 13.8 Å². The van der Waals surface area contributed by atoms with Crippen LogP contribution in [0, 0.1) is 5.92 Å². The fraction of sp³-hybridized carbons (Fsp3) is 0.750. The third-order valence-electron chi connectivity index (χ3n) is 1.59. The molecule has 0 saturated carbocycles. The highest BCUT2D eigenvalue weighted by Crippen LogP contribution is 2.08. The minimum atomic E-state index is -1.01. The third kappa shape index (κ3) is 3.00. The van der Waals surface area contributed by atoms with E-state index in [1.54, 1.807) is 6.92 Å². The van der Waals surface area contributed by atoms with Gasteiger partial charge in [0.25, 0.3) is 0 Å². The van der Waals surface area contributed by atoms with E-state index >= 15 is 0 Å². The van der Waals surface area contributed by atoms with E-state index in [-0.39, 0.29) is 5.78 Å². The topological polar surface area (TPSA) is 63.6 Å². The molecule has 4 nitrogen and oxygen atoms in total. The van der Waals surface area contributed by atoms with Crippen LogP contribution in [-0.2, 0) is 14.3 Å². The number of carboxylic acids is 1. The second kappa shape index (κ2) is 4.87. The predicted octanol–water partition coefficient (Wildman–Crippen LogP) is 0.701. The van der Waals surface area contributed by atoms with E-state index in [0.717, 1.165) is 0 Å². The van der Waals surface area contributed by atoms with Crippen LogP contribution in [0.4, 0.5) is 0 Å². The summed E-state index contributed by atoms with van der Waals surface area (Å²) in [4.78, 5) is 21.4. The Labute approximate surface area is 71.5 Å². The molecule has 0 saturated heterocycles. The summed E-state index contributed by atoms with van der Waals surface area (Å²) in [6, 6.07) is 0. The molecule has 0 aromatic heterocycles. The molecule has 4 heteroatoms. The maximum Gasteiger partial charge on any atom is 0.309 e. The summed E-state index contributed by atoms with van der Waals surface area (Å²) >= 11 is 0. The molecule has 0 aliphatic heterocycles. The molecular weight excluding hydrogens is 160 g/mol. The largest absolute Gasteiger partial charge is 0.481 e. The second-order valence-electron chi connectivity index (χ2n) is 2.61. The summed E-state index contributed by atoms with van der Waals surface area (Å²) in [5.41, 5.74) is 0. The highest BCUT2D eigenvalue weighted by atomic mass is 16.5. The van der Waals surface area contributed by atoms with Gasteiger partial charge in [0.15, 0.2) is 5.78 Å². The monoisotopic (exact) mass is 174 g/mol. The molecule has 0 fully saturated rings. The van der Waals surface area contributed by atoms with Gasteiger partial charge in [0.2, 0.25) is 0 Å². The molecule has 0 spiro atoms. The summed E-state index contributed by atoms with van der Waals surface area (Å²) in [6.45, 7) is 4.87. The molecule has 2 unspecified atom stereocenters. The molecule has 12 heavy (non-hydrogen) atoms. The Hall–Kier alpha value is -0.900. The van der Waals surface area contributed by atoms with E-state index < -0.39 is 18.0 Å². The van der Waals surface area contributed by atoms with Crippen molar-refractivity contribution in [2.24, 2.45) is 5.92 Å². The van der Waals surface area contributed by atoms with Gasteiger partial charge in [-0.05, 0) is 20.8 Å². The quantitative estimate of drug-likeness (QED) is 0.666. The van der Waals surface area contributed by atoms with E-state index in [4.69, 9.17) is 9.84 Å². The summed E-state index contributed by atoms with van der Waals surface area (Å²) in [6.07, 6.45) is -0.813. The maximum absolute atomic E-state index is 10.9. The Morgan fingerprint density at radius 3 is 2.25 bits per heavy atom. The summed E-state index contributed by atoms with van der Waals surface area (Å²) in [5.74, 6) is -2.03. The minimum Gasteiger partial charge on any atom is -0.481 e. The number of carboxylic acid groups (broad SMARTS) is 1. The van der Waals surface area contributed by atoms with Crippen LogP contribution in [-0.4, -0.2) is 29.6 Å². The number of hydrogen-bond donors (Lipinski definition) is 1. The first kappa shape index (κ1) is 11.1. The average molecular weight is 174 g/mol. The van der Waals surface area contributed by atoms with Crippen molar-refractivity contribution in [3.63, 3.8) is 0 Å². The van der Waals surface area contributed by atoms with Crippen LogP contribution in [0.1, 0.15) is 20.8 Å². The van der Waals surface area contributed by atoms with Crippen LogP contribution < -0.4 is 0 Å². The van der Waals surface area contributed by atoms with Crippen molar-refractivity contribution in [1.82, 2.24) is 0 Å². The van der Waals surface area contributed by atoms with Crippen LogP contribution in [0.25, 0.3) is 0 Å². The second-order valence-corrected chi connectivity index (χ2v) is 2.61. The Kier molecular flexibility index (Phi) is 4.51. The van der Waals surface area contributed by atoms with Gasteiger partial charge in [-0.3, -0.25) is 9.59 Å². The van der Waals surface area contributed by atoms with E-state index in [0.29, 0.717) is 6.61 Å². The van der Waals surface area contributed by atoms with Crippen molar-refractivity contribution < 1.29 is 19.4 Å². The number of Topliss-reactive ketones (excluding diaryl/α,β-unsaturated/α-hetero) is 1. The number of rotatable bonds is 5. The van der Waals surface area contributed by atoms with Crippen LogP contribution in [0.3, 0.4) is 0 Å². The number of carbonyl (C=O) groups excluding carboxylic acids is 1. The van der Waals surface area contributed by atoms with Gasteiger partial charge in [0, 0.05) is 6.61 Å². The van der Waals surface area contributed by atoms with Crippen LogP contribution in [0.15, 0.2) is 0 Å². The molecule has 0 aromatic carbocycles. The number of aliphatic carboxylic acids is 1. The van der Waals surface area contributed by atoms with Gasteiger partial charge in [-0.1, -0.05) is 0 Å². The molecule has 0 aliphatic rings. The zero-order chi connectivity index (χ0) is 9.72. The lowest BCUT2D eigenvalue weighted by Crippen LogP contribution is -2.34. The van der Waals surface area contributed by atoms with Gasteiger partial charge in [0.05, 0.1) is 5.92 Å². The molecule has 0 rings (SSSR count). The van der Waals surface area contributed by atoms with Gasteiger partial charge in [-0.15, -0.1) is 0 Å². The molecule has 0 aliphatic carbocycles. The number of ketones is 1. The van der Waals surface area contributed by atoms with Crippen molar-refractivity contribution in [1.29, 1.82) is 0 Å². The fourth-order valence-electron chi connectivity index (χ4n) is 0.923. The smallest absolute Gasteiger partial charge is 0.309 e. The summed E-state index contributed by atoms with van der Waals surface area (Å²) in [7, 11) is 0. The standard InChI is InChI=1S/C8H14O4/c1-4-12-7(6(3)9)5(2)8(10)11/h5,7H,4H2,1-3H3,(H,10,11). The Morgan fingerprint density at radius 2 is 2.00 bits per heavy atom.